The number of phenols is 1. The van der Waals surface area contributed by atoms with E-state index in [1.165, 1.54) is 11.1 Å². The molecule has 0 radical (unpaired) electrons. The Morgan fingerprint density at radius 3 is 2.05 bits per heavy atom. The molecule has 0 bridgehead atoms. The summed E-state index contributed by atoms with van der Waals surface area (Å²) in [6, 6.07) is 4.32. The highest BCUT2D eigenvalue weighted by molar-refractivity contribution is 5.76. The van der Waals surface area contributed by atoms with Gasteiger partial charge in [0, 0.05) is 11.1 Å². The quantitative estimate of drug-likeness (QED) is 0.731. The van der Waals surface area contributed by atoms with E-state index in [4.69, 9.17) is 0 Å². The maximum absolute atomic E-state index is 10.7. The van der Waals surface area contributed by atoms with E-state index in [9.17, 15) is 5.11 Å². The molecule has 0 atom stereocenters. The van der Waals surface area contributed by atoms with Gasteiger partial charge in [0.2, 0.25) is 0 Å². The second kappa shape index (κ2) is 4.80. The van der Waals surface area contributed by atoms with Crippen LogP contribution in [0, 0.1) is 0 Å². The smallest absolute Gasteiger partial charge is 0.126 e. The molecule has 0 aliphatic heterocycles. The van der Waals surface area contributed by atoms with Crippen molar-refractivity contribution in [3.05, 3.63) is 47.1 Å². The molecule has 20 heavy (non-hydrogen) atoms. The zero-order valence-electron chi connectivity index (χ0n) is 13.5. The molecule has 2 rings (SSSR count). The molecule has 1 aromatic carbocycles. The van der Waals surface area contributed by atoms with E-state index >= 15 is 0 Å². The van der Waals surface area contributed by atoms with Crippen LogP contribution in [0.2, 0.25) is 0 Å². The number of phenolic OH excluding ortho intramolecular Hbond substituents is 1. The molecule has 0 unspecified atom stereocenters. The lowest BCUT2D eigenvalue weighted by Crippen LogP contribution is -2.17. The third kappa shape index (κ3) is 2.82. The number of benzene rings is 1. The lowest BCUT2D eigenvalue weighted by atomic mass is 9.78. The van der Waals surface area contributed by atoms with Crippen molar-refractivity contribution in [2.75, 3.05) is 0 Å². The summed E-state index contributed by atoms with van der Waals surface area (Å²) in [5.41, 5.74) is 4.53. The number of rotatable bonds is 1. The Balaban J connectivity index is 2.68. The summed E-state index contributed by atoms with van der Waals surface area (Å²) in [6.45, 7) is 13.1. The van der Waals surface area contributed by atoms with Crippen LogP contribution in [0.3, 0.4) is 0 Å². The summed E-state index contributed by atoms with van der Waals surface area (Å²) in [6.07, 6.45) is 7.21. The number of hydrogen-bond acceptors (Lipinski definition) is 1. The average molecular weight is 270 g/mol. The predicted octanol–water partition coefficient (Wildman–Crippen LogP) is 5.33. The van der Waals surface area contributed by atoms with Gasteiger partial charge in [-0.25, -0.2) is 0 Å². The van der Waals surface area contributed by atoms with Gasteiger partial charge in [-0.15, -0.1) is 0 Å². The standard InChI is InChI=1S/C19H26O/c1-18(2,3)14-11-15(13-9-7-8-10-13)17(20)16(12-14)19(4,5)6/h7-9,11-12,20H,10H2,1-6H3. The van der Waals surface area contributed by atoms with E-state index in [0.717, 1.165) is 17.5 Å². The summed E-state index contributed by atoms with van der Waals surface area (Å²) < 4.78 is 0. The molecular weight excluding hydrogens is 244 g/mol. The first-order valence-electron chi connectivity index (χ1n) is 7.35. The summed E-state index contributed by atoms with van der Waals surface area (Å²) in [5.74, 6) is 0.445. The number of hydrogen-bond donors (Lipinski definition) is 1. The molecule has 1 aliphatic rings. The Morgan fingerprint density at radius 2 is 1.60 bits per heavy atom. The maximum Gasteiger partial charge on any atom is 0.126 e. The van der Waals surface area contributed by atoms with Gasteiger partial charge in [-0.05, 0) is 34.5 Å². The monoisotopic (exact) mass is 270 g/mol. The van der Waals surface area contributed by atoms with Gasteiger partial charge in [-0.2, -0.15) is 0 Å². The molecule has 0 amide bonds. The predicted molar refractivity (Wildman–Crippen MR) is 87.2 cm³/mol. The minimum Gasteiger partial charge on any atom is -0.507 e. The van der Waals surface area contributed by atoms with E-state index in [1.54, 1.807) is 0 Å². The van der Waals surface area contributed by atoms with Gasteiger partial charge in [-0.1, -0.05) is 65.8 Å². The van der Waals surface area contributed by atoms with Gasteiger partial charge in [0.1, 0.15) is 5.75 Å². The van der Waals surface area contributed by atoms with Gasteiger partial charge in [0.15, 0.2) is 0 Å². The van der Waals surface area contributed by atoms with Crippen LogP contribution in [0.5, 0.6) is 5.75 Å². The van der Waals surface area contributed by atoms with Crippen LogP contribution in [0.25, 0.3) is 5.57 Å². The Hall–Kier alpha value is -1.50. The highest BCUT2D eigenvalue weighted by Gasteiger charge is 2.25. The highest BCUT2D eigenvalue weighted by atomic mass is 16.3. The third-order valence-corrected chi connectivity index (χ3v) is 3.90. The fourth-order valence-corrected chi connectivity index (χ4v) is 2.53. The van der Waals surface area contributed by atoms with Gasteiger partial charge < -0.3 is 5.11 Å². The zero-order chi connectivity index (χ0) is 15.1. The van der Waals surface area contributed by atoms with Crippen molar-refractivity contribution in [3.8, 4) is 5.75 Å². The number of aromatic hydroxyl groups is 1. The summed E-state index contributed by atoms with van der Waals surface area (Å²) in [4.78, 5) is 0. The molecule has 1 aromatic rings. The minimum absolute atomic E-state index is 0.0628. The van der Waals surface area contributed by atoms with Crippen molar-refractivity contribution in [3.63, 3.8) is 0 Å². The summed E-state index contributed by atoms with van der Waals surface area (Å²) in [5, 5.41) is 10.7. The van der Waals surface area contributed by atoms with Crippen LogP contribution >= 0.6 is 0 Å². The van der Waals surface area contributed by atoms with Gasteiger partial charge in [0.25, 0.3) is 0 Å². The van der Waals surface area contributed by atoms with Crippen LogP contribution < -0.4 is 0 Å². The molecule has 1 N–H and O–H groups in total. The first kappa shape index (κ1) is 14.9. The van der Waals surface area contributed by atoms with E-state index in [0.29, 0.717) is 5.75 Å². The first-order chi connectivity index (χ1) is 9.10. The molecule has 0 fully saturated rings. The van der Waals surface area contributed by atoms with Gasteiger partial charge in [-0.3, -0.25) is 0 Å². The van der Waals surface area contributed by atoms with Gasteiger partial charge >= 0.3 is 0 Å². The Morgan fingerprint density at radius 1 is 0.950 bits per heavy atom. The normalized spacial score (nSPS) is 15.6. The second-order valence-electron chi connectivity index (χ2n) is 7.74. The van der Waals surface area contributed by atoms with Crippen molar-refractivity contribution in [1.82, 2.24) is 0 Å². The first-order valence-corrected chi connectivity index (χ1v) is 7.35. The van der Waals surface area contributed by atoms with Crippen LogP contribution in [-0.2, 0) is 10.8 Å². The Labute approximate surface area is 123 Å². The van der Waals surface area contributed by atoms with E-state index < -0.39 is 0 Å². The average Bonchev–Trinajstić information content (AvgIpc) is 2.79. The highest BCUT2D eigenvalue weighted by Crippen LogP contribution is 2.41. The maximum atomic E-state index is 10.7. The lowest BCUT2D eigenvalue weighted by Gasteiger charge is -2.27. The largest absolute Gasteiger partial charge is 0.507 e. The van der Waals surface area contributed by atoms with E-state index in [1.807, 2.05) is 0 Å². The molecule has 1 heteroatoms. The molecule has 0 aromatic heterocycles. The molecule has 1 aliphatic carbocycles. The van der Waals surface area contributed by atoms with Crippen LogP contribution in [0.4, 0.5) is 0 Å². The Bertz CT molecular complexity index is 575. The van der Waals surface area contributed by atoms with Crippen molar-refractivity contribution >= 4 is 5.57 Å². The van der Waals surface area contributed by atoms with Crippen molar-refractivity contribution in [2.24, 2.45) is 0 Å². The molecule has 0 heterocycles. The van der Waals surface area contributed by atoms with E-state index in [-0.39, 0.29) is 10.8 Å². The van der Waals surface area contributed by atoms with Crippen molar-refractivity contribution < 1.29 is 5.11 Å². The van der Waals surface area contributed by atoms with Crippen LogP contribution in [0.1, 0.15) is 64.7 Å². The molecular formula is C19H26O. The molecule has 0 saturated heterocycles. The van der Waals surface area contributed by atoms with Crippen LogP contribution in [-0.4, -0.2) is 5.11 Å². The summed E-state index contributed by atoms with van der Waals surface area (Å²) in [7, 11) is 0. The number of allylic oxidation sites excluding steroid dienone is 4. The molecule has 108 valence electrons. The molecule has 1 nitrogen and oxygen atoms in total. The fraction of sp³-hybridized carbons (Fsp3) is 0.474. The van der Waals surface area contributed by atoms with E-state index in [2.05, 4.69) is 71.9 Å². The zero-order valence-corrected chi connectivity index (χ0v) is 13.5. The Kier molecular flexibility index (Phi) is 3.58. The summed E-state index contributed by atoms with van der Waals surface area (Å²) >= 11 is 0. The topological polar surface area (TPSA) is 20.2 Å². The molecule has 0 spiro atoms. The van der Waals surface area contributed by atoms with Crippen molar-refractivity contribution in [2.45, 2.75) is 58.8 Å². The molecule has 0 saturated carbocycles. The van der Waals surface area contributed by atoms with Crippen molar-refractivity contribution in [1.29, 1.82) is 0 Å². The third-order valence-electron chi connectivity index (χ3n) is 3.90. The second-order valence-corrected chi connectivity index (χ2v) is 7.74. The van der Waals surface area contributed by atoms with Crippen LogP contribution in [0.15, 0.2) is 30.4 Å². The van der Waals surface area contributed by atoms with Gasteiger partial charge in [0.05, 0.1) is 0 Å². The SMILES string of the molecule is CC(C)(C)c1cc(C2=CC=CC2)c(O)c(C(C)(C)C)c1. The lowest BCUT2D eigenvalue weighted by molar-refractivity contribution is 0.443. The minimum atomic E-state index is -0.0628. The fourth-order valence-electron chi connectivity index (χ4n) is 2.53.